The Kier molecular flexibility index (Phi) is 7.66. The quantitative estimate of drug-likeness (QED) is 0.550. The van der Waals surface area contributed by atoms with Gasteiger partial charge >= 0.3 is 5.97 Å². The molecule has 106 valence electrons. The van der Waals surface area contributed by atoms with Crippen LogP contribution in [-0.2, 0) is 9.53 Å². The normalized spacial score (nSPS) is 11.9. The molecule has 1 aromatic carbocycles. The van der Waals surface area contributed by atoms with Gasteiger partial charge in [0, 0.05) is 6.04 Å². The van der Waals surface area contributed by atoms with E-state index in [-0.39, 0.29) is 12.0 Å². The van der Waals surface area contributed by atoms with Crippen molar-refractivity contribution in [1.82, 2.24) is 5.32 Å². The summed E-state index contributed by atoms with van der Waals surface area (Å²) >= 11 is 0. The molecule has 1 rings (SSSR count). The van der Waals surface area contributed by atoms with Crippen molar-refractivity contribution in [3.05, 3.63) is 30.3 Å². The highest BCUT2D eigenvalue weighted by Crippen LogP contribution is 2.08. The first-order valence-corrected chi connectivity index (χ1v) is 6.79. The molecule has 1 N–H and O–H groups in total. The highest BCUT2D eigenvalue weighted by molar-refractivity contribution is 5.69. The third-order valence-electron chi connectivity index (χ3n) is 2.60. The smallest absolute Gasteiger partial charge is 0.307 e. The second kappa shape index (κ2) is 9.39. The molecule has 0 bridgehead atoms. The molecule has 0 aromatic heterocycles. The summed E-state index contributed by atoms with van der Waals surface area (Å²) in [6.07, 6.45) is 1.31. The second-order valence-corrected chi connectivity index (χ2v) is 4.38. The molecule has 1 aromatic rings. The molecule has 19 heavy (non-hydrogen) atoms. The van der Waals surface area contributed by atoms with Gasteiger partial charge in [-0.25, -0.2) is 0 Å². The fourth-order valence-electron chi connectivity index (χ4n) is 1.67. The van der Waals surface area contributed by atoms with Crippen LogP contribution in [0.1, 0.15) is 26.7 Å². The zero-order chi connectivity index (χ0) is 13.9. The van der Waals surface area contributed by atoms with E-state index in [4.69, 9.17) is 9.47 Å². The van der Waals surface area contributed by atoms with Crippen molar-refractivity contribution in [1.29, 1.82) is 0 Å². The largest absolute Gasteiger partial charge is 0.494 e. The summed E-state index contributed by atoms with van der Waals surface area (Å²) in [5.41, 5.74) is 0. The number of carbonyl (C=O) groups is 1. The molecule has 0 amide bonds. The topological polar surface area (TPSA) is 47.6 Å². The molecule has 1 unspecified atom stereocenters. The highest BCUT2D eigenvalue weighted by Gasteiger charge is 2.08. The lowest BCUT2D eigenvalue weighted by molar-refractivity contribution is -0.143. The molecule has 4 heteroatoms. The zero-order valence-electron chi connectivity index (χ0n) is 11.7. The van der Waals surface area contributed by atoms with Crippen molar-refractivity contribution >= 4 is 5.97 Å². The number of para-hydroxylation sites is 1. The number of nitrogens with one attached hydrogen (secondary N) is 1. The monoisotopic (exact) mass is 265 g/mol. The molecule has 1 atom stereocenters. The van der Waals surface area contributed by atoms with E-state index in [1.165, 1.54) is 0 Å². The minimum Gasteiger partial charge on any atom is -0.494 e. The fraction of sp³-hybridized carbons (Fsp3) is 0.533. The van der Waals surface area contributed by atoms with E-state index < -0.39 is 0 Å². The number of carbonyl (C=O) groups excluding carboxylic acids is 1. The molecule has 0 aliphatic rings. The van der Waals surface area contributed by atoms with Crippen LogP contribution in [0.25, 0.3) is 0 Å². The standard InChI is InChI=1S/C15H23NO3/c1-3-18-15(17)12-13(2)16-10-7-11-19-14-8-5-4-6-9-14/h4-6,8-9,13,16H,3,7,10-12H2,1-2H3. The lowest BCUT2D eigenvalue weighted by atomic mass is 10.2. The van der Waals surface area contributed by atoms with Gasteiger partial charge in [-0.2, -0.15) is 0 Å². The van der Waals surface area contributed by atoms with Crippen molar-refractivity contribution in [2.24, 2.45) is 0 Å². The van der Waals surface area contributed by atoms with E-state index in [0.717, 1.165) is 18.7 Å². The zero-order valence-corrected chi connectivity index (χ0v) is 11.7. The van der Waals surface area contributed by atoms with Gasteiger partial charge in [0.15, 0.2) is 0 Å². The number of rotatable bonds is 9. The molecule has 0 aliphatic carbocycles. The summed E-state index contributed by atoms with van der Waals surface area (Å²) in [7, 11) is 0. The number of ether oxygens (including phenoxy) is 2. The van der Waals surface area contributed by atoms with Crippen molar-refractivity contribution in [3.63, 3.8) is 0 Å². The van der Waals surface area contributed by atoms with Gasteiger partial charge in [-0.15, -0.1) is 0 Å². The minimum atomic E-state index is -0.150. The van der Waals surface area contributed by atoms with Crippen LogP contribution >= 0.6 is 0 Å². The maximum atomic E-state index is 11.2. The van der Waals surface area contributed by atoms with Crippen LogP contribution in [0.4, 0.5) is 0 Å². The van der Waals surface area contributed by atoms with Gasteiger partial charge in [0.05, 0.1) is 19.6 Å². The van der Waals surface area contributed by atoms with Gasteiger partial charge in [-0.3, -0.25) is 4.79 Å². The van der Waals surface area contributed by atoms with Gasteiger partial charge in [0.1, 0.15) is 5.75 Å². The molecular formula is C15H23NO3. The van der Waals surface area contributed by atoms with Crippen molar-refractivity contribution in [3.8, 4) is 5.75 Å². The lowest BCUT2D eigenvalue weighted by Crippen LogP contribution is -2.30. The molecule has 4 nitrogen and oxygen atoms in total. The number of benzene rings is 1. The highest BCUT2D eigenvalue weighted by atomic mass is 16.5. The summed E-state index contributed by atoms with van der Waals surface area (Å²) in [6.45, 7) is 5.74. The first-order valence-electron chi connectivity index (χ1n) is 6.79. The van der Waals surface area contributed by atoms with Crippen LogP contribution in [0.15, 0.2) is 30.3 Å². The molecule has 0 aliphatic heterocycles. The number of esters is 1. The second-order valence-electron chi connectivity index (χ2n) is 4.38. The van der Waals surface area contributed by atoms with Crippen LogP contribution in [-0.4, -0.2) is 31.8 Å². The first kappa shape index (κ1) is 15.5. The van der Waals surface area contributed by atoms with Gasteiger partial charge in [0.25, 0.3) is 0 Å². The van der Waals surface area contributed by atoms with E-state index in [0.29, 0.717) is 19.6 Å². The minimum absolute atomic E-state index is 0.135. The Hall–Kier alpha value is -1.55. The van der Waals surface area contributed by atoms with E-state index in [2.05, 4.69) is 5.32 Å². The van der Waals surface area contributed by atoms with Gasteiger partial charge < -0.3 is 14.8 Å². The average Bonchev–Trinajstić information content (AvgIpc) is 2.39. The average molecular weight is 265 g/mol. The molecule has 0 radical (unpaired) electrons. The summed E-state index contributed by atoms with van der Waals surface area (Å²) in [5, 5.41) is 3.28. The van der Waals surface area contributed by atoms with E-state index >= 15 is 0 Å². The summed E-state index contributed by atoms with van der Waals surface area (Å²) < 4.78 is 10.5. The van der Waals surface area contributed by atoms with Crippen molar-refractivity contribution < 1.29 is 14.3 Å². The van der Waals surface area contributed by atoms with Gasteiger partial charge in [0.2, 0.25) is 0 Å². The Morgan fingerprint density at radius 2 is 2.05 bits per heavy atom. The molecular weight excluding hydrogens is 242 g/mol. The number of hydrogen-bond acceptors (Lipinski definition) is 4. The lowest BCUT2D eigenvalue weighted by Gasteiger charge is -2.13. The third kappa shape index (κ3) is 7.47. The van der Waals surface area contributed by atoms with Gasteiger partial charge in [-0.1, -0.05) is 18.2 Å². The summed E-state index contributed by atoms with van der Waals surface area (Å²) in [6, 6.07) is 9.89. The molecule has 0 heterocycles. The molecule has 0 spiro atoms. The predicted molar refractivity (Wildman–Crippen MR) is 75.3 cm³/mol. The van der Waals surface area contributed by atoms with Crippen molar-refractivity contribution in [2.45, 2.75) is 32.7 Å². The molecule has 0 fully saturated rings. The van der Waals surface area contributed by atoms with Crippen LogP contribution < -0.4 is 10.1 Å². The summed E-state index contributed by atoms with van der Waals surface area (Å²) in [5.74, 6) is 0.741. The van der Waals surface area contributed by atoms with Crippen LogP contribution in [0.2, 0.25) is 0 Å². The predicted octanol–water partition coefficient (Wildman–Crippen LogP) is 2.39. The maximum Gasteiger partial charge on any atom is 0.307 e. The van der Waals surface area contributed by atoms with E-state index in [1.54, 1.807) is 0 Å². The SMILES string of the molecule is CCOC(=O)CC(C)NCCCOc1ccccc1. The fourth-order valence-corrected chi connectivity index (χ4v) is 1.67. The maximum absolute atomic E-state index is 11.2. The Morgan fingerprint density at radius 3 is 2.74 bits per heavy atom. The third-order valence-corrected chi connectivity index (χ3v) is 2.60. The Morgan fingerprint density at radius 1 is 1.32 bits per heavy atom. The first-order chi connectivity index (χ1) is 9.22. The number of hydrogen-bond donors (Lipinski definition) is 1. The summed E-state index contributed by atoms with van der Waals surface area (Å²) in [4.78, 5) is 11.2. The Labute approximate surface area is 115 Å². The van der Waals surface area contributed by atoms with Crippen LogP contribution in [0, 0.1) is 0 Å². The molecule has 0 saturated carbocycles. The Balaban J connectivity index is 2.03. The van der Waals surface area contributed by atoms with Crippen LogP contribution in [0.3, 0.4) is 0 Å². The van der Waals surface area contributed by atoms with E-state index in [9.17, 15) is 4.79 Å². The van der Waals surface area contributed by atoms with Gasteiger partial charge in [-0.05, 0) is 38.9 Å². The van der Waals surface area contributed by atoms with Crippen molar-refractivity contribution in [2.75, 3.05) is 19.8 Å². The molecule has 0 saturated heterocycles. The Bertz CT molecular complexity index is 354. The van der Waals surface area contributed by atoms with Crippen LogP contribution in [0.5, 0.6) is 5.75 Å². The van der Waals surface area contributed by atoms with E-state index in [1.807, 2.05) is 44.2 Å².